The molecule has 0 amide bonds. The van der Waals surface area contributed by atoms with Crippen molar-refractivity contribution in [2.45, 2.75) is 6.61 Å². The smallest absolute Gasteiger partial charge is 0.231 e. The zero-order valence-electron chi connectivity index (χ0n) is 16.5. The van der Waals surface area contributed by atoms with Crippen LogP contribution >= 0.6 is 0 Å². The predicted molar refractivity (Wildman–Crippen MR) is 110 cm³/mol. The summed E-state index contributed by atoms with van der Waals surface area (Å²) >= 11 is 0. The van der Waals surface area contributed by atoms with E-state index in [0.717, 1.165) is 5.56 Å². The number of rotatable bonds is 6. The van der Waals surface area contributed by atoms with Gasteiger partial charge in [0.05, 0.1) is 19.8 Å². The van der Waals surface area contributed by atoms with E-state index in [1.807, 2.05) is 0 Å². The summed E-state index contributed by atoms with van der Waals surface area (Å²) in [5, 5.41) is 0. The first kappa shape index (κ1) is 19.5. The second kappa shape index (κ2) is 8.29. The number of ketones is 1. The van der Waals surface area contributed by atoms with Crippen LogP contribution in [0.3, 0.4) is 0 Å². The minimum absolute atomic E-state index is 0.0771. The molecule has 5 nitrogen and oxygen atoms in total. The van der Waals surface area contributed by atoms with E-state index in [1.165, 1.54) is 6.07 Å². The molecule has 0 aliphatic carbocycles. The van der Waals surface area contributed by atoms with Crippen molar-refractivity contribution >= 4 is 11.9 Å². The number of carbonyl (C=O) groups excluding carboxylic acids is 1. The molecule has 152 valence electrons. The van der Waals surface area contributed by atoms with Crippen LogP contribution in [0.4, 0.5) is 4.39 Å². The first-order chi connectivity index (χ1) is 14.6. The van der Waals surface area contributed by atoms with Gasteiger partial charge in [-0.25, -0.2) is 4.39 Å². The fourth-order valence-electron chi connectivity index (χ4n) is 3.13. The van der Waals surface area contributed by atoms with Crippen LogP contribution in [0.5, 0.6) is 23.0 Å². The molecular weight excluding hydrogens is 387 g/mol. The van der Waals surface area contributed by atoms with Gasteiger partial charge in [0, 0.05) is 11.6 Å². The summed E-state index contributed by atoms with van der Waals surface area (Å²) in [6, 6.07) is 16.7. The van der Waals surface area contributed by atoms with Gasteiger partial charge >= 0.3 is 0 Å². The second-order valence-corrected chi connectivity index (χ2v) is 6.59. The third-order valence-corrected chi connectivity index (χ3v) is 4.70. The number of Topliss-reactive ketones (excluding diaryl/α,β-unsaturated/α-hetero) is 1. The van der Waals surface area contributed by atoms with Gasteiger partial charge in [-0.15, -0.1) is 0 Å². The minimum atomic E-state index is -0.328. The largest absolute Gasteiger partial charge is 0.493 e. The first-order valence-electron chi connectivity index (χ1n) is 9.25. The molecule has 1 aliphatic rings. The summed E-state index contributed by atoms with van der Waals surface area (Å²) in [5.74, 6) is 1.68. The topological polar surface area (TPSA) is 54.0 Å². The van der Waals surface area contributed by atoms with Crippen molar-refractivity contribution in [1.82, 2.24) is 0 Å². The standard InChI is InChI=1S/C24H19FO5/c1-27-20-10-7-15(11-22(20)28-2)12-23-24(26)18-9-8-17(13-21(18)30-23)29-14-16-5-3-4-6-19(16)25/h3-13H,14H2,1-2H3. The maximum absolute atomic E-state index is 13.7. The highest BCUT2D eigenvalue weighted by atomic mass is 19.1. The van der Waals surface area contributed by atoms with Crippen LogP contribution in [-0.4, -0.2) is 20.0 Å². The summed E-state index contributed by atoms with van der Waals surface area (Å²) in [5.41, 5.74) is 1.63. The van der Waals surface area contributed by atoms with Crippen LogP contribution in [0, 0.1) is 5.82 Å². The van der Waals surface area contributed by atoms with Gasteiger partial charge < -0.3 is 18.9 Å². The Morgan fingerprint density at radius 2 is 1.77 bits per heavy atom. The van der Waals surface area contributed by atoms with Crippen molar-refractivity contribution in [3.63, 3.8) is 0 Å². The number of hydrogen-bond donors (Lipinski definition) is 0. The van der Waals surface area contributed by atoms with E-state index < -0.39 is 0 Å². The Labute approximate surface area is 173 Å². The number of carbonyl (C=O) groups is 1. The van der Waals surface area contributed by atoms with Gasteiger partial charge in [-0.05, 0) is 42.0 Å². The quantitative estimate of drug-likeness (QED) is 0.537. The van der Waals surface area contributed by atoms with E-state index in [9.17, 15) is 9.18 Å². The Hall–Kier alpha value is -3.80. The summed E-state index contributed by atoms with van der Waals surface area (Å²) in [6.45, 7) is 0.0771. The molecule has 30 heavy (non-hydrogen) atoms. The molecule has 0 saturated carbocycles. The molecule has 0 atom stereocenters. The average molecular weight is 406 g/mol. The molecular formula is C24H19FO5. The lowest BCUT2D eigenvalue weighted by atomic mass is 10.1. The lowest BCUT2D eigenvalue weighted by Crippen LogP contribution is -1.98. The van der Waals surface area contributed by atoms with Crippen LogP contribution in [0.15, 0.2) is 66.4 Å². The molecule has 0 saturated heterocycles. The number of fused-ring (bicyclic) bond motifs is 1. The van der Waals surface area contributed by atoms with Gasteiger partial charge in [-0.3, -0.25) is 4.79 Å². The van der Waals surface area contributed by atoms with Gasteiger partial charge in [-0.2, -0.15) is 0 Å². The Balaban J connectivity index is 1.53. The van der Waals surface area contributed by atoms with Crippen molar-refractivity contribution in [1.29, 1.82) is 0 Å². The number of benzene rings is 3. The van der Waals surface area contributed by atoms with Crippen LogP contribution in [0.1, 0.15) is 21.5 Å². The fourth-order valence-corrected chi connectivity index (χ4v) is 3.13. The van der Waals surface area contributed by atoms with Crippen molar-refractivity contribution in [2.24, 2.45) is 0 Å². The van der Waals surface area contributed by atoms with Crippen LogP contribution in [-0.2, 0) is 6.61 Å². The van der Waals surface area contributed by atoms with E-state index in [4.69, 9.17) is 18.9 Å². The van der Waals surface area contributed by atoms with Crippen molar-refractivity contribution < 1.29 is 28.1 Å². The zero-order chi connectivity index (χ0) is 21.1. The molecule has 1 aliphatic heterocycles. The molecule has 3 aromatic carbocycles. The highest BCUT2D eigenvalue weighted by molar-refractivity contribution is 6.14. The maximum Gasteiger partial charge on any atom is 0.231 e. The Morgan fingerprint density at radius 3 is 2.53 bits per heavy atom. The normalized spacial score (nSPS) is 13.7. The number of allylic oxidation sites excluding steroid dienone is 1. The number of ether oxygens (including phenoxy) is 4. The highest BCUT2D eigenvalue weighted by Crippen LogP contribution is 2.36. The maximum atomic E-state index is 13.7. The Bertz CT molecular complexity index is 1140. The lowest BCUT2D eigenvalue weighted by molar-refractivity contribution is 0.101. The number of hydrogen-bond acceptors (Lipinski definition) is 5. The molecule has 0 bridgehead atoms. The van der Waals surface area contributed by atoms with E-state index >= 15 is 0 Å². The van der Waals surface area contributed by atoms with Crippen LogP contribution < -0.4 is 18.9 Å². The molecule has 4 rings (SSSR count). The summed E-state index contributed by atoms with van der Waals surface area (Å²) in [4.78, 5) is 12.7. The molecule has 0 spiro atoms. The molecule has 1 heterocycles. The lowest BCUT2D eigenvalue weighted by Gasteiger charge is -2.08. The molecule has 3 aromatic rings. The fraction of sp³-hybridized carbons (Fsp3) is 0.125. The van der Waals surface area contributed by atoms with Gasteiger partial charge in [0.25, 0.3) is 0 Å². The predicted octanol–water partition coefficient (Wildman–Crippen LogP) is 5.04. The highest BCUT2D eigenvalue weighted by Gasteiger charge is 2.28. The number of halogens is 1. The number of methoxy groups -OCH3 is 2. The van der Waals surface area contributed by atoms with Crippen LogP contribution in [0.25, 0.3) is 6.08 Å². The minimum Gasteiger partial charge on any atom is -0.493 e. The first-order valence-corrected chi connectivity index (χ1v) is 9.25. The Kier molecular flexibility index (Phi) is 5.39. The zero-order valence-corrected chi connectivity index (χ0v) is 16.5. The molecule has 0 unspecified atom stereocenters. The Morgan fingerprint density at radius 1 is 0.967 bits per heavy atom. The van der Waals surface area contributed by atoms with E-state index in [2.05, 4.69) is 0 Å². The summed E-state index contributed by atoms with van der Waals surface area (Å²) < 4.78 is 35.7. The molecule has 0 N–H and O–H groups in total. The van der Waals surface area contributed by atoms with E-state index in [-0.39, 0.29) is 24.0 Å². The van der Waals surface area contributed by atoms with Gasteiger partial charge in [0.2, 0.25) is 5.78 Å². The van der Waals surface area contributed by atoms with Crippen molar-refractivity contribution in [3.05, 3.63) is 88.9 Å². The third kappa shape index (κ3) is 3.85. The summed E-state index contributed by atoms with van der Waals surface area (Å²) in [6.07, 6.45) is 1.64. The summed E-state index contributed by atoms with van der Waals surface area (Å²) in [7, 11) is 3.10. The van der Waals surface area contributed by atoms with Gasteiger partial charge in [-0.1, -0.05) is 24.3 Å². The second-order valence-electron chi connectivity index (χ2n) is 6.59. The van der Waals surface area contributed by atoms with Crippen molar-refractivity contribution in [3.8, 4) is 23.0 Å². The monoisotopic (exact) mass is 406 g/mol. The molecule has 6 heteroatoms. The third-order valence-electron chi connectivity index (χ3n) is 4.70. The van der Waals surface area contributed by atoms with Crippen LogP contribution in [0.2, 0.25) is 0 Å². The molecule has 0 radical (unpaired) electrons. The SMILES string of the molecule is COc1ccc(C=C2Oc3cc(OCc4ccccc4F)ccc3C2=O)cc1OC. The molecule has 0 fully saturated rings. The van der Waals surface area contributed by atoms with E-state index in [1.54, 1.807) is 74.9 Å². The van der Waals surface area contributed by atoms with Gasteiger partial charge in [0.1, 0.15) is 23.9 Å². The van der Waals surface area contributed by atoms with E-state index in [0.29, 0.717) is 34.1 Å². The van der Waals surface area contributed by atoms with Gasteiger partial charge in [0.15, 0.2) is 17.3 Å². The molecule has 0 aromatic heterocycles. The van der Waals surface area contributed by atoms with Crippen molar-refractivity contribution in [2.75, 3.05) is 14.2 Å². The average Bonchev–Trinajstić information content (AvgIpc) is 3.07.